The fourth-order valence-corrected chi connectivity index (χ4v) is 3.74. The maximum absolute atomic E-state index is 12.8. The first-order valence-corrected chi connectivity index (χ1v) is 9.31. The van der Waals surface area contributed by atoms with E-state index in [2.05, 4.69) is 0 Å². The van der Waals surface area contributed by atoms with Crippen molar-refractivity contribution in [3.8, 4) is 17.6 Å². The molecule has 0 radical (unpaired) electrons. The summed E-state index contributed by atoms with van der Waals surface area (Å²) in [7, 11) is 1.43. The molecule has 1 aliphatic carbocycles. The Hall–Kier alpha value is -3.99. The number of esters is 1. The van der Waals surface area contributed by atoms with Crippen molar-refractivity contribution >= 4 is 11.8 Å². The molecular weight excluding hydrogens is 388 g/mol. The van der Waals surface area contributed by atoms with E-state index in [1.807, 2.05) is 6.07 Å². The second-order valence-electron chi connectivity index (χ2n) is 6.78. The summed E-state index contributed by atoms with van der Waals surface area (Å²) in [5.41, 5.74) is 6.84. The Kier molecular flexibility index (Phi) is 5.02. The summed E-state index contributed by atoms with van der Waals surface area (Å²) < 4.78 is 21.7. The van der Waals surface area contributed by atoms with Crippen molar-refractivity contribution in [2.75, 3.05) is 7.11 Å². The van der Waals surface area contributed by atoms with E-state index in [-0.39, 0.29) is 34.5 Å². The number of rotatable bonds is 4. The molecule has 8 heteroatoms. The zero-order valence-electron chi connectivity index (χ0n) is 16.1. The molecule has 152 valence electrons. The van der Waals surface area contributed by atoms with Crippen LogP contribution in [-0.2, 0) is 9.53 Å². The second kappa shape index (κ2) is 7.79. The monoisotopic (exact) mass is 406 g/mol. The van der Waals surface area contributed by atoms with Gasteiger partial charge in [0.1, 0.15) is 17.4 Å². The van der Waals surface area contributed by atoms with Crippen LogP contribution in [0.3, 0.4) is 0 Å². The van der Waals surface area contributed by atoms with Gasteiger partial charge >= 0.3 is 5.97 Å². The van der Waals surface area contributed by atoms with Gasteiger partial charge in [0.05, 0.1) is 19.3 Å². The molecule has 1 aliphatic heterocycles. The van der Waals surface area contributed by atoms with E-state index in [1.165, 1.54) is 19.4 Å². The minimum absolute atomic E-state index is 0.00282. The first kappa shape index (κ1) is 19.3. The van der Waals surface area contributed by atoms with Gasteiger partial charge in [-0.1, -0.05) is 12.1 Å². The Morgan fingerprint density at radius 3 is 2.80 bits per heavy atom. The van der Waals surface area contributed by atoms with Gasteiger partial charge in [-0.05, 0) is 24.6 Å². The predicted molar refractivity (Wildman–Crippen MR) is 103 cm³/mol. The number of nitriles is 1. The number of carbonyl (C=O) groups is 2. The maximum Gasteiger partial charge on any atom is 0.379 e. The summed E-state index contributed by atoms with van der Waals surface area (Å²) >= 11 is 0. The zero-order chi connectivity index (χ0) is 21.3. The molecule has 0 bridgehead atoms. The van der Waals surface area contributed by atoms with Crippen molar-refractivity contribution in [1.29, 1.82) is 5.26 Å². The van der Waals surface area contributed by atoms with E-state index in [9.17, 15) is 14.9 Å². The molecule has 1 aromatic carbocycles. The zero-order valence-corrected chi connectivity index (χ0v) is 16.1. The van der Waals surface area contributed by atoms with Crippen LogP contribution >= 0.6 is 0 Å². The summed E-state index contributed by atoms with van der Waals surface area (Å²) in [5.74, 6) is -0.977. The van der Waals surface area contributed by atoms with Crippen molar-refractivity contribution < 1.29 is 28.2 Å². The smallest absolute Gasteiger partial charge is 0.379 e. The highest BCUT2D eigenvalue weighted by Crippen LogP contribution is 2.48. The van der Waals surface area contributed by atoms with E-state index in [4.69, 9.17) is 24.4 Å². The molecule has 1 atom stereocenters. The number of allylic oxidation sites excluding steroid dienone is 3. The molecule has 4 rings (SSSR count). The summed E-state index contributed by atoms with van der Waals surface area (Å²) in [6.45, 7) is 0. The third kappa shape index (κ3) is 3.20. The Morgan fingerprint density at radius 1 is 1.27 bits per heavy atom. The van der Waals surface area contributed by atoms with Gasteiger partial charge in [0.15, 0.2) is 17.3 Å². The first-order valence-electron chi connectivity index (χ1n) is 9.31. The van der Waals surface area contributed by atoms with Crippen molar-refractivity contribution in [3.05, 3.63) is 70.7 Å². The summed E-state index contributed by atoms with van der Waals surface area (Å²) in [4.78, 5) is 25.4. The SMILES string of the molecule is COc1cccc([C@H]2C(C#N)=C(N)OC3=C2C(=O)CCC3)c1OC(=O)c1ccco1. The number of Topliss-reactive ketones (excluding diaryl/α,β-unsaturated/α-hetero) is 1. The van der Waals surface area contributed by atoms with Crippen molar-refractivity contribution in [2.45, 2.75) is 25.2 Å². The molecule has 1 aromatic heterocycles. The fraction of sp³-hybridized carbons (Fsp3) is 0.227. The van der Waals surface area contributed by atoms with Crippen LogP contribution in [0, 0.1) is 11.3 Å². The van der Waals surface area contributed by atoms with Crippen LogP contribution in [0.4, 0.5) is 0 Å². The number of carbonyl (C=O) groups excluding carboxylic acids is 2. The van der Waals surface area contributed by atoms with Crippen LogP contribution in [-0.4, -0.2) is 18.9 Å². The Balaban J connectivity index is 1.88. The third-order valence-electron chi connectivity index (χ3n) is 5.06. The number of nitrogens with two attached hydrogens (primary N) is 1. The molecule has 0 spiro atoms. The average Bonchev–Trinajstić information content (AvgIpc) is 3.28. The minimum Gasteiger partial charge on any atom is -0.493 e. The number of hydrogen-bond donors (Lipinski definition) is 1. The van der Waals surface area contributed by atoms with Crippen molar-refractivity contribution in [3.63, 3.8) is 0 Å². The molecule has 0 amide bonds. The molecule has 0 unspecified atom stereocenters. The van der Waals surface area contributed by atoms with E-state index in [0.717, 1.165) is 0 Å². The maximum atomic E-state index is 12.8. The van der Waals surface area contributed by atoms with E-state index < -0.39 is 11.9 Å². The van der Waals surface area contributed by atoms with E-state index in [0.29, 0.717) is 36.2 Å². The molecular formula is C22H18N2O6. The standard InChI is InChI=1S/C22H18N2O6/c1-27-16-8-2-5-12(20(16)30-22(26)17-9-4-10-28-17)18-13(11-23)21(24)29-15-7-3-6-14(25)19(15)18/h2,4-5,8-10,18H,3,6-7,24H2,1H3/t18-/m0/s1. The number of para-hydroxylation sites is 1. The van der Waals surface area contributed by atoms with Gasteiger partial charge in [0.2, 0.25) is 11.6 Å². The first-order chi connectivity index (χ1) is 14.5. The highest BCUT2D eigenvalue weighted by Gasteiger charge is 2.40. The third-order valence-corrected chi connectivity index (χ3v) is 5.06. The Labute approximate surface area is 172 Å². The van der Waals surface area contributed by atoms with Crippen LogP contribution in [0.2, 0.25) is 0 Å². The second-order valence-corrected chi connectivity index (χ2v) is 6.78. The number of furan rings is 1. The topological polar surface area (TPSA) is 125 Å². The van der Waals surface area contributed by atoms with Gasteiger partial charge in [-0.25, -0.2) is 4.79 Å². The number of methoxy groups -OCH3 is 1. The Bertz CT molecular complexity index is 1120. The van der Waals surface area contributed by atoms with Crippen molar-refractivity contribution in [2.24, 2.45) is 5.73 Å². The lowest BCUT2D eigenvalue weighted by Gasteiger charge is -2.31. The van der Waals surface area contributed by atoms with E-state index >= 15 is 0 Å². The highest BCUT2D eigenvalue weighted by molar-refractivity contribution is 5.99. The summed E-state index contributed by atoms with van der Waals surface area (Å²) in [6.07, 6.45) is 2.86. The molecule has 8 nitrogen and oxygen atoms in total. The van der Waals surface area contributed by atoms with Gasteiger partial charge in [0, 0.05) is 24.0 Å². The fourth-order valence-electron chi connectivity index (χ4n) is 3.74. The molecule has 0 saturated carbocycles. The lowest BCUT2D eigenvalue weighted by molar-refractivity contribution is -0.116. The molecule has 2 aliphatic rings. The summed E-state index contributed by atoms with van der Waals surface area (Å²) in [5, 5.41) is 9.76. The molecule has 2 N–H and O–H groups in total. The van der Waals surface area contributed by atoms with Crippen LogP contribution in [0.25, 0.3) is 0 Å². The van der Waals surface area contributed by atoms with Gasteiger partial charge in [-0.15, -0.1) is 0 Å². The van der Waals surface area contributed by atoms with Gasteiger partial charge in [-0.2, -0.15) is 5.26 Å². The lowest BCUT2D eigenvalue weighted by Crippen LogP contribution is -2.28. The quantitative estimate of drug-likeness (QED) is 0.605. The average molecular weight is 406 g/mol. The van der Waals surface area contributed by atoms with E-state index in [1.54, 1.807) is 24.3 Å². The van der Waals surface area contributed by atoms with Crippen LogP contribution in [0.5, 0.6) is 11.5 Å². The highest BCUT2D eigenvalue weighted by atomic mass is 16.6. The normalized spacial score (nSPS) is 18.4. The Morgan fingerprint density at radius 2 is 2.10 bits per heavy atom. The predicted octanol–water partition coefficient (Wildman–Crippen LogP) is 3.32. The van der Waals surface area contributed by atoms with Gasteiger partial charge < -0.3 is 24.4 Å². The van der Waals surface area contributed by atoms with Crippen LogP contribution in [0.15, 0.2) is 63.8 Å². The van der Waals surface area contributed by atoms with Gasteiger partial charge in [-0.3, -0.25) is 4.79 Å². The molecule has 0 saturated heterocycles. The number of hydrogen-bond acceptors (Lipinski definition) is 8. The van der Waals surface area contributed by atoms with Crippen LogP contribution < -0.4 is 15.2 Å². The summed E-state index contributed by atoms with van der Waals surface area (Å²) in [6, 6.07) is 10.0. The molecule has 2 heterocycles. The minimum atomic E-state index is -0.832. The molecule has 0 fully saturated rings. The lowest BCUT2D eigenvalue weighted by atomic mass is 9.77. The molecule has 2 aromatic rings. The van der Waals surface area contributed by atoms with Gasteiger partial charge in [0.25, 0.3) is 0 Å². The number of nitrogens with zero attached hydrogens (tertiary/aromatic N) is 1. The largest absolute Gasteiger partial charge is 0.493 e. The number of ether oxygens (including phenoxy) is 3. The number of ketones is 1. The number of benzene rings is 1. The van der Waals surface area contributed by atoms with Crippen LogP contribution in [0.1, 0.15) is 41.3 Å². The molecule has 30 heavy (non-hydrogen) atoms. The van der Waals surface area contributed by atoms with Crippen molar-refractivity contribution in [1.82, 2.24) is 0 Å².